The van der Waals surface area contributed by atoms with E-state index >= 15 is 0 Å². The summed E-state index contributed by atoms with van der Waals surface area (Å²) in [6.45, 7) is 2.02. The normalized spacial score (nSPS) is 28.7. The van der Waals surface area contributed by atoms with Crippen molar-refractivity contribution in [3.63, 3.8) is 0 Å². The predicted octanol–water partition coefficient (Wildman–Crippen LogP) is 1.04. The Hall–Kier alpha value is -1.72. The predicted molar refractivity (Wildman–Crippen MR) is 68.4 cm³/mol. The SMILES string of the molecule is CCCC1C(CO)N1N1C(=O)c2ccccc2C1=O. The van der Waals surface area contributed by atoms with E-state index in [1.54, 1.807) is 29.3 Å². The van der Waals surface area contributed by atoms with Gasteiger partial charge in [-0.25, -0.2) is 5.01 Å². The van der Waals surface area contributed by atoms with Crippen LogP contribution in [0, 0.1) is 0 Å². The minimum absolute atomic E-state index is 0.0297. The number of aliphatic hydroxyl groups excluding tert-OH is 1. The number of carbonyl (C=O) groups excluding carboxylic acids is 2. The summed E-state index contributed by atoms with van der Waals surface area (Å²) >= 11 is 0. The minimum Gasteiger partial charge on any atom is -0.395 e. The number of carbonyl (C=O) groups is 2. The number of rotatable bonds is 4. The van der Waals surface area contributed by atoms with Gasteiger partial charge in [0, 0.05) is 0 Å². The van der Waals surface area contributed by atoms with Crippen LogP contribution in [0.4, 0.5) is 0 Å². The van der Waals surface area contributed by atoms with Crippen molar-refractivity contribution in [3.8, 4) is 0 Å². The summed E-state index contributed by atoms with van der Waals surface area (Å²) in [5, 5.41) is 12.2. The van der Waals surface area contributed by atoms with Crippen molar-refractivity contribution in [1.82, 2.24) is 10.0 Å². The third-order valence-electron chi connectivity index (χ3n) is 3.81. The van der Waals surface area contributed by atoms with E-state index in [0.717, 1.165) is 12.8 Å². The molecule has 0 spiro atoms. The molecule has 0 radical (unpaired) electrons. The second kappa shape index (κ2) is 4.43. The zero-order valence-electron chi connectivity index (χ0n) is 10.7. The summed E-state index contributed by atoms with van der Waals surface area (Å²) in [6, 6.07) is 6.83. The molecule has 2 amide bonds. The van der Waals surface area contributed by atoms with Gasteiger partial charge in [0.05, 0.1) is 29.8 Å². The van der Waals surface area contributed by atoms with E-state index in [-0.39, 0.29) is 30.5 Å². The number of amides is 2. The van der Waals surface area contributed by atoms with Crippen molar-refractivity contribution in [3.05, 3.63) is 35.4 Å². The van der Waals surface area contributed by atoms with Crippen molar-refractivity contribution in [2.75, 3.05) is 6.61 Å². The molecule has 0 aliphatic carbocycles. The van der Waals surface area contributed by atoms with Gasteiger partial charge in [-0.3, -0.25) is 9.59 Å². The van der Waals surface area contributed by atoms with Crippen LogP contribution < -0.4 is 0 Å². The average Bonchev–Trinajstić information content (AvgIpc) is 3.05. The molecule has 3 rings (SSSR count). The summed E-state index contributed by atoms with van der Waals surface area (Å²) in [7, 11) is 0. The first-order valence-corrected chi connectivity index (χ1v) is 6.57. The first-order valence-electron chi connectivity index (χ1n) is 6.57. The molecule has 1 aromatic carbocycles. The van der Waals surface area contributed by atoms with Gasteiger partial charge < -0.3 is 5.11 Å². The van der Waals surface area contributed by atoms with Crippen LogP contribution in [-0.4, -0.2) is 45.6 Å². The standard InChI is InChI=1S/C14H16N2O3/c1-2-5-11-12(8-17)15(11)16-13(18)9-6-3-4-7-10(9)14(16)19/h3-4,6-7,11-12,17H,2,5,8H2,1H3. The number of hydrogen-bond acceptors (Lipinski definition) is 4. The lowest BCUT2D eigenvalue weighted by molar-refractivity contribution is 0.0321. The molecule has 1 fully saturated rings. The molecule has 5 heteroatoms. The fourth-order valence-corrected chi connectivity index (χ4v) is 2.83. The molecule has 2 heterocycles. The van der Waals surface area contributed by atoms with Crippen LogP contribution in [0.5, 0.6) is 0 Å². The van der Waals surface area contributed by atoms with Crippen LogP contribution in [0.25, 0.3) is 0 Å². The van der Waals surface area contributed by atoms with E-state index in [9.17, 15) is 14.7 Å². The summed E-state index contributed by atoms with van der Waals surface area (Å²) in [5.74, 6) is -0.560. The highest BCUT2D eigenvalue weighted by molar-refractivity contribution is 6.21. The van der Waals surface area contributed by atoms with Crippen LogP contribution in [-0.2, 0) is 0 Å². The zero-order chi connectivity index (χ0) is 13.6. The Kier molecular flexibility index (Phi) is 2.88. The summed E-state index contributed by atoms with van der Waals surface area (Å²) in [6.07, 6.45) is 1.83. The molecule has 0 bridgehead atoms. The van der Waals surface area contributed by atoms with Gasteiger partial charge in [0.2, 0.25) is 0 Å². The number of hydrogen-bond donors (Lipinski definition) is 1. The van der Waals surface area contributed by atoms with E-state index in [4.69, 9.17) is 0 Å². The van der Waals surface area contributed by atoms with E-state index in [2.05, 4.69) is 0 Å². The monoisotopic (exact) mass is 260 g/mol. The van der Waals surface area contributed by atoms with Gasteiger partial charge in [0.15, 0.2) is 0 Å². The first kappa shape index (κ1) is 12.3. The van der Waals surface area contributed by atoms with Gasteiger partial charge in [0.25, 0.3) is 11.8 Å². The maximum absolute atomic E-state index is 12.3. The molecular weight excluding hydrogens is 244 g/mol. The smallest absolute Gasteiger partial charge is 0.276 e. The maximum atomic E-state index is 12.3. The Bertz CT molecular complexity index is 508. The van der Waals surface area contributed by atoms with Gasteiger partial charge in [-0.15, -0.1) is 0 Å². The van der Waals surface area contributed by atoms with Gasteiger partial charge in [-0.05, 0) is 18.6 Å². The van der Waals surface area contributed by atoms with Crippen molar-refractivity contribution in [2.45, 2.75) is 31.8 Å². The zero-order valence-corrected chi connectivity index (χ0v) is 10.7. The Morgan fingerprint density at radius 2 is 1.68 bits per heavy atom. The quantitative estimate of drug-likeness (QED) is 0.649. The van der Waals surface area contributed by atoms with Crippen molar-refractivity contribution >= 4 is 11.8 Å². The number of nitrogens with zero attached hydrogens (tertiary/aromatic N) is 2. The molecule has 2 aliphatic rings. The topological polar surface area (TPSA) is 60.6 Å². The number of hydrazine groups is 1. The van der Waals surface area contributed by atoms with Crippen LogP contribution in [0.2, 0.25) is 0 Å². The van der Waals surface area contributed by atoms with E-state index in [1.165, 1.54) is 5.01 Å². The lowest BCUT2D eigenvalue weighted by Gasteiger charge is -2.16. The molecule has 1 saturated heterocycles. The lowest BCUT2D eigenvalue weighted by Crippen LogP contribution is -2.37. The van der Waals surface area contributed by atoms with Gasteiger partial charge in [-0.1, -0.05) is 25.5 Å². The summed E-state index contributed by atoms with van der Waals surface area (Å²) < 4.78 is 0. The van der Waals surface area contributed by atoms with Gasteiger partial charge in [0.1, 0.15) is 0 Å². The van der Waals surface area contributed by atoms with Crippen LogP contribution in [0.15, 0.2) is 24.3 Å². The number of aliphatic hydroxyl groups is 1. The highest BCUT2D eigenvalue weighted by atomic mass is 16.3. The van der Waals surface area contributed by atoms with Gasteiger partial charge >= 0.3 is 0 Å². The second-order valence-corrected chi connectivity index (χ2v) is 4.95. The molecule has 0 saturated carbocycles. The van der Waals surface area contributed by atoms with Crippen molar-refractivity contribution in [1.29, 1.82) is 0 Å². The summed E-state index contributed by atoms with van der Waals surface area (Å²) in [4.78, 5) is 24.6. The van der Waals surface area contributed by atoms with Crippen molar-refractivity contribution in [2.24, 2.45) is 0 Å². The Labute approximate surface area is 111 Å². The maximum Gasteiger partial charge on any atom is 0.276 e. The number of fused-ring (bicyclic) bond motifs is 1. The van der Waals surface area contributed by atoms with Crippen LogP contribution in [0.3, 0.4) is 0 Å². The van der Waals surface area contributed by atoms with E-state index in [0.29, 0.717) is 11.1 Å². The second-order valence-electron chi connectivity index (χ2n) is 4.95. The largest absolute Gasteiger partial charge is 0.395 e. The van der Waals surface area contributed by atoms with Crippen LogP contribution in [0.1, 0.15) is 40.5 Å². The van der Waals surface area contributed by atoms with Crippen molar-refractivity contribution < 1.29 is 14.7 Å². The molecule has 3 unspecified atom stereocenters. The number of benzene rings is 1. The molecule has 1 N–H and O–H groups in total. The third kappa shape index (κ3) is 1.69. The Morgan fingerprint density at radius 1 is 1.11 bits per heavy atom. The Balaban J connectivity index is 1.89. The van der Waals surface area contributed by atoms with E-state index in [1.807, 2.05) is 6.92 Å². The molecule has 19 heavy (non-hydrogen) atoms. The summed E-state index contributed by atoms with van der Waals surface area (Å²) in [5.41, 5.74) is 0.901. The fraction of sp³-hybridized carbons (Fsp3) is 0.429. The highest BCUT2D eigenvalue weighted by Gasteiger charge is 2.55. The number of imide groups is 1. The molecule has 5 nitrogen and oxygen atoms in total. The highest BCUT2D eigenvalue weighted by Crippen LogP contribution is 2.38. The molecule has 2 aliphatic heterocycles. The lowest BCUT2D eigenvalue weighted by atomic mass is 10.1. The molecular formula is C14H16N2O3. The molecule has 1 aromatic rings. The average molecular weight is 260 g/mol. The fourth-order valence-electron chi connectivity index (χ4n) is 2.83. The van der Waals surface area contributed by atoms with Gasteiger partial charge in [-0.2, -0.15) is 5.01 Å². The molecule has 3 atom stereocenters. The molecule has 100 valence electrons. The van der Waals surface area contributed by atoms with E-state index < -0.39 is 0 Å². The Morgan fingerprint density at radius 3 is 2.16 bits per heavy atom. The third-order valence-corrected chi connectivity index (χ3v) is 3.81. The van der Waals surface area contributed by atoms with Crippen LogP contribution >= 0.6 is 0 Å². The first-order chi connectivity index (χ1) is 9.20. The minimum atomic E-state index is -0.280. The molecule has 0 aromatic heterocycles.